The van der Waals surface area contributed by atoms with Gasteiger partial charge < -0.3 is 15.2 Å². The van der Waals surface area contributed by atoms with Gasteiger partial charge in [0.1, 0.15) is 16.5 Å². The Kier molecular flexibility index (Phi) is 6.37. The van der Waals surface area contributed by atoms with Gasteiger partial charge in [-0.15, -0.1) is 0 Å². The first-order valence-electron chi connectivity index (χ1n) is 6.88. The maximum absolute atomic E-state index is 6.23. The summed E-state index contributed by atoms with van der Waals surface area (Å²) in [5, 5.41) is 0.265. The van der Waals surface area contributed by atoms with E-state index in [4.69, 9.17) is 26.8 Å². The molecule has 0 aliphatic heterocycles. The molecule has 0 amide bonds. The first-order chi connectivity index (χ1) is 10.6. The molecule has 0 spiro atoms. The molecule has 5 nitrogen and oxygen atoms in total. The average Bonchev–Trinajstić information content (AvgIpc) is 2.50. The number of halogens is 2. The topological polar surface area (TPSA) is 70.3 Å². The molecule has 0 aliphatic rings. The lowest BCUT2D eigenvalue weighted by Crippen LogP contribution is -2.13. The zero-order valence-electron chi connectivity index (χ0n) is 12.3. The molecule has 0 aliphatic carbocycles. The van der Waals surface area contributed by atoms with Crippen LogP contribution in [0.15, 0.2) is 24.3 Å². The van der Waals surface area contributed by atoms with Gasteiger partial charge in [-0.25, -0.2) is 9.97 Å². The minimum Gasteiger partial charge on any atom is -0.382 e. The van der Waals surface area contributed by atoms with Crippen LogP contribution in [-0.2, 0) is 9.47 Å². The zero-order chi connectivity index (χ0) is 16.1. The summed E-state index contributed by atoms with van der Waals surface area (Å²) in [6.07, 6.45) is -0.657. The fraction of sp³-hybridized carbons (Fsp3) is 0.333. The molecule has 0 fully saturated rings. The number of anilines is 1. The fourth-order valence-corrected chi connectivity index (χ4v) is 2.41. The van der Waals surface area contributed by atoms with Gasteiger partial charge in [0.25, 0.3) is 0 Å². The van der Waals surface area contributed by atoms with Gasteiger partial charge in [-0.3, -0.25) is 0 Å². The fourth-order valence-electron chi connectivity index (χ4n) is 1.88. The second-order valence-corrected chi connectivity index (χ2v) is 6.00. The van der Waals surface area contributed by atoms with Gasteiger partial charge in [0.15, 0.2) is 5.82 Å². The Morgan fingerprint density at radius 2 is 1.73 bits per heavy atom. The second kappa shape index (κ2) is 8.05. The van der Waals surface area contributed by atoms with Crippen LogP contribution in [0.1, 0.15) is 25.8 Å². The van der Waals surface area contributed by atoms with Crippen molar-refractivity contribution in [1.82, 2.24) is 9.97 Å². The molecule has 118 valence electrons. The van der Waals surface area contributed by atoms with Crippen molar-refractivity contribution in [3.63, 3.8) is 0 Å². The van der Waals surface area contributed by atoms with E-state index in [9.17, 15) is 0 Å². The molecule has 0 atom stereocenters. The van der Waals surface area contributed by atoms with E-state index in [1.165, 1.54) is 0 Å². The molecule has 1 aromatic carbocycles. The molecule has 7 heteroatoms. The number of ether oxygens (including phenoxy) is 2. The van der Waals surface area contributed by atoms with Gasteiger partial charge in [-0.2, -0.15) is 0 Å². The van der Waals surface area contributed by atoms with Gasteiger partial charge >= 0.3 is 0 Å². The Balaban J connectivity index is 2.47. The highest BCUT2D eigenvalue weighted by Gasteiger charge is 2.21. The van der Waals surface area contributed by atoms with Crippen LogP contribution in [-0.4, -0.2) is 23.2 Å². The third-order valence-corrected chi connectivity index (χ3v) is 3.97. The minimum atomic E-state index is -0.657. The number of nitrogen functional groups attached to an aromatic ring is 1. The van der Waals surface area contributed by atoms with E-state index in [0.29, 0.717) is 24.7 Å². The average molecular weight is 434 g/mol. The number of hydrogen-bond acceptors (Lipinski definition) is 5. The van der Waals surface area contributed by atoms with Gasteiger partial charge in [-0.1, -0.05) is 23.7 Å². The first kappa shape index (κ1) is 17.4. The first-order valence-corrected chi connectivity index (χ1v) is 8.34. The standard InChI is InChI=1S/C15H17ClIN3O2/c1-3-21-15(22-4-2)12-11(16)13(18)20-14(19-12)9-5-7-10(17)8-6-9/h5-8,15H,3-4H2,1-2H3,(H2,18,19,20). The lowest BCUT2D eigenvalue weighted by Gasteiger charge is -2.18. The van der Waals surface area contributed by atoms with Crippen molar-refractivity contribution in [1.29, 1.82) is 0 Å². The van der Waals surface area contributed by atoms with Crippen LogP contribution in [0.4, 0.5) is 5.82 Å². The van der Waals surface area contributed by atoms with Crippen LogP contribution < -0.4 is 5.73 Å². The summed E-state index contributed by atoms with van der Waals surface area (Å²) in [6, 6.07) is 7.83. The quantitative estimate of drug-likeness (QED) is 0.550. The van der Waals surface area contributed by atoms with Crippen molar-refractivity contribution in [2.24, 2.45) is 0 Å². The third kappa shape index (κ3) is 4.07. The largest absolute Gasteiger partial charge is 0.382 e. The summed E-state index contributed by atoms with van der Waals surface area (Å²) in [4.78, 5) is 8.75. The molecular weight excluding hydrogens is 417 g/mol. The smallest absolute Gasteiger partial charge is 0.202 e. The normalized spacial score (nSPS) is 11.1. The Morgan fingerprint density at radius 1 is 1.14 bits per heavy atom. The summed E-state index contributed by atoms with van der Waals surface area (Å²) in [6.45, 7) is 4.71. The zero-order valence-corrected chi connectivity index (χ0v) is 15.3. The predicted octanol–water partition coefficient (Wildman–Crippen LogP) is 4.06. The van der Waals surface area contributed by atoms with Gasteiger partial charge in [0.2, 0.25) is 6.29 Å². The summed E-state index contributed by atoms with van der Waals surface area (Å²) < 4.78 is 12.3. The van der Waals surface area contributed by atoms with Crippen molar-refractivity contribution in [3.8, 4) is 11.4 Å². The second-order valence-electron chi connectivity index (χ2n) is 4.38. The molecule has 2 N–H and O–H groups in total. The molecule has 0 saturated heterocycles. The lowest BCUT2D eigenvalue weighted by atomic mass is 10.2. The SMILES string of the molecule is CCOC(OCC)c1nc(-c2ccc(I)cc2)nc(N)c1Cl. The maximum atomic E-state index is 6.23. The Hall–Kier alpha value is -0.960. The lowest BCUT2D eigenvalue weighted by molar-refractivity contribution is -0.142. The van der Waals surface area contributed by atoms with E-state index < -0.39 is 6.29 Å². The van der Waals surface area contributed by atoms with Crippen LogP contribution in [0.3, 0.4) is 0 Å². The number of aromatic nitrogens is 2. The molecule has 22 heavy (non-hydrogen) atoms. The van der Waals surface area contributed by atoms with E-state index in [1.807, 2.05) is 38.1 Å². The Morgan fingerprint density at radius 3 is 2.27 bits per heavy atom. The molecule has 1 aromatic heterocycles. The van der Waals surface area contributed by atoms with Crippen LogP contribution in [0.2, 0.25) is 5.02 Å². The minimum absolute atomic E-state index is 0.213. The van der Waals surface area contributed by atoms with Crippen molar-refractivity contribution in [3.05, 3.63) is 38.6 Å². The van der Waals surface area contributed by atoms with Gasteiger partial charge in [0, 0.05) is 22.3 Å². The highest BCUT2D eigenvalue weighted by Crippen LogP contribution is 2.31. The number of rotatable bonds is 6. The predicted molar refractivity (Wildman–Crippen MR) is 95.6 cm³/mol. The third-order valence-electron chi connectivity index (χ3n) is 2.86. The Bertz CT molecular complexity index is 631. The summed E-state index contributed by atoms with van der Waals surface area (Å²) in [5.41, 5.74) is 7.23. The molecule has 0 radical (unpaired) electrons. The van der Waals surface area contributed by atoms with E-state index in [1.54, 1.807) is 0 Å². The molecule has 2 rings (SSSR count). The number of nitrogens with zero attached hydrogens (tertiary/aromatic N) is 2. The summed E-state index contributed by atoms with van der Waals surface area (Å²) >= 11 is 8.47. The van der Waals surface area contributed by atoms with Crippen molar-refractivity contribution < 1.29 is 9.47 Å². The number of benzene rings is 1. The van der Waals surface area contributed by atoms with Crippen LogP contribution in [0.25, 0.3) is 11.4 Å². The van der Waals surface area contributed by atoms with Crippen LogP contribution in [0.5, 0.6) is 0 Å². The van der Waals surface area contributed by atoms with Crippen LogP contribution >= 0.6 is 34.2 Å². The van der Waals surface area contributed by atoms with E-state index in [0.717, 1.165) is 9.13 Å². The van der Waals surface area contributed by atoms with Crippen molar-refractivity contribution in [2.45, 2.75) is 20.1 Å². The molecule has 2 aromatic rings. The molecule has 0 saturated carbocycles. The van der Waals surface area contributed by atoms with E-state index in [2.05, 4.69) is 32.6 Å². The molecule has 0 unspecified atom stereocenters. The summed E-state index contributed by atoms with van der Waals surface area (Å²) in [5.74, 6) is 0.710. The number of nitrogens with two attached hydrogens (primary N) is 1. The number of hydrogen-bond donors (Lipinski definition) is 1. The highest BCUT2D eigenvalue weighted by molar-refractivity contribution is 14.1. The molecule has 1 heterocycles. The van der Waals surface area contributed by atoms with Gasteiger partial charge in [0.05, 0.1) is 0 Å². The molecular formula is C15H17ClIN3O2. The maximum Gasteiger partial charge on any atom is 0.202 e. The van der Waals surface area contributed by atoms with E-state index in [-0.39, 0.29) is 10.8 Å². The van der Waals surface area contributed by atoms with Crippen molar-refractivity contribution in [2.75, 3.05) is 18.9 Å². The Labute approximate surface area is 148 Å². The highest BCUT2D eigenvalue weighted by atomic mass is 127. The van der Waals surface area contributed by atoms with Gasteiger partial charge in [-0.05, 0) is 48.6 Å². The van der Waals surface area contributed by atoms with E-state index >= 15 is 0 Å². The molecule has 0 bridgehead atoms. The van der Waals surface area contributed by atoms with Crippen molar-refractivity contribution >= 4 is 40.0 Å². The van der Waals surface area contributed by atoms with Crippen LogP contribution in [0, 0.1) is 3.57 Å². The monoisotopic (exact) mass is 433 g/mol. The summed E-state index contributed by atoms with van der Waals surface area (Å²) in [7, 11) is 0.